The quantitative estimate of drug-likeness (QED) is 0.856. The van der Waals surface area contributed by atoms with Crippen molar-refractivity contribution in [2.24, 2.45) is 0 Å². The molecule has 1 aliphatic rings. The lowest BCUT2D eigenvalue weighted by molar-refractivity contribution is -0.130. The van der Waals surface area contributed by atoms with E-state index >= 15 is 0 Å². The molecule has 0 aromatic heterocycles. The Morgan fingerprint density at radius 2 is 1.77 bits per heavy atom. The van der Waals surface area contributed by atoms with Gasteiger partial charge in [0.15, 0.2) is 0 Å². The van der Waals surface area contributed by atoms with Crippen LogP contribution < -0.4 is 0 Å². The molecule has 0 radical (unpaired) electrons. The summed E-state index contributed by atoms with van der Waals surface area (Å²) in [6.45, 7) is 4.03. The van der Waals surface area contributed by atoms with Gasteiger partial charge in [0.25, 0.3) is 5.91 Å². The van der Waals surface area contributed by atoms with Crippen molar-refractivity contribution < 1.29 is 14.0 Å². The zero-order chi connectivity index (χ0) is 16.1. The lowest BCUT2D eigenvalue weighted by Gasteiger charge is -2.24. The highest BCUT2D eigenvalue weighted by Gasteiger charge is 2.26. The molecule has 0 saturated carbocycles. The lowest BCUT2D eigenvalue weighted by atomic mass is 10.2. The fourth-order valence-electron chi connectivity index (χ4n) is 2.50. The number of hydrogen-bond acceptors (Lipinski definition) is 3. The summed E-state index contributed by atoms with van der Waals surface area (Å²) in [5.41, 5.74) is 0.0970. The number of halogens is 1. The van der Waals surface area contributed by atoms with Crippen molar-refractivity contribution in [1.82, 2.24) is 9.80 Å². The molecular weight excluding hydrogens is 303 g/mol. The molecule has 4 nitrogen and oxygen atoms in total. The van der Waals surface area contributed by atoms with Crippen LogP contribution in [-0.4, -0.2) is 59.3 Å². The molecule has 1 aromatic rings. The van der Waals surface area contributed by atoms with Gasteiger partial charge in [-0.25, -0.2) is 4.39 Å². The molecule has 6 heteroatoms. The summed E-state index contributed by atoms with van der Waals surface area (Å²) in [5.74, 6) is -0.696. The summed E-state index contributed by atoms with van der Waals surface area (Å²) >= 11 is 1.52. The van der Waals surface area contributed by atoms with Crippen LogP contribution in [0.2, 0.25) is 0 Å². The third kappa shape index (κ3) is 3.80. The van der Waals surface area contributed by atoms with E-state index < -0.39 is 5.82 Å². The van der Waals surface area contributed by atoms with Crippen LogP contribution in [-0.2, 0) is 4.79 Å². The molecule has 1 heterocycles. The molecule has 2 rings (SSSR count). The first-order valence-corrected chi connectivity index (χ1v) is 8.68. The summed E-state index contributed by atoms with van der Waals surface area (Å²) in [6.07, 6.45) is 2.63. The van der Waals surface area contributed by atoms with Crippen LogP contribution in [0.5, 0.6) is 0 Å². The van der Waals surface area contributed by atoms with Gasteiger partial charge in [-0.15, -0.1) is 0 Å². The van der Waals surface area contributed by atoms with Crippen LogP contribution in [0.15, 0.2) is 24.3 Å². The largest absolute Gasteiger partial charge is 0.340 e. The molecule has 1 aromatic carbocycles. The SMILES string of the molecule is CSC(C)C(=O)N1CCCN(C(=O)c2ccccc2F)CC1. The van der Waals surface area contributed by atoms with Gasteiger partial charge in [0.2, 0.25) is 5.91 Å². The molecule has 1 atom stereocenters. The molecule has 0 spiro atoms. The van der Waals surface area contributed by atoms with E-state index in [0.29, 0.717) is 32.6 Å². The molecule has 0 bridgehead atoms. The maximum atomic E-state index is 13.7. The second kappa shape index (κ2) is 7.63. The van der Waals surface area contributed by atoms with Gasteiger partial charge in [0.05, 0.1) is 10.8 Å². The first-order chi connectivity index (χ1) is 10.5. The maximum absolute atomic E-state index is 13.7. The van der Waals surface area contributed by atoms with Crippen molar-refractivity contribution in [3.8, 4) is 0 Å². The Labute approximate surface area is 134 Å². The number of hydrogen-bond donors (Lipinski definition) is 0. The number of carbonyl (C=O) groups excluding carboxylic acids is 2. The first-order valence-electron chi connectivity index (χ1n) is 7.40. The van der Waals surface area contributed by atoms with Gasteiger partial charge in [-0.1, -0.05) is 12.1 Å². The van der Waals surface area contributed by atoms with Crippen molar-refractivity contribution in [3.05, 3.63) is 35.6 Å². The van der Waals surface area contributed by atoms with Crippen molar-refractivity contribution in [1.29, 1.82) is 0 Å². The normalized spacial score (nSPS) is 17.0. The third-order valence-corrected chi connectivity index (χ3v) is 4.81. The van der Waals surface area contributed by atoms with Crippen LogP contribution in [0.1, 0.15) is 23.7 Å². The number of thioether (sulfide) groups is 1. The van der Waals surface area contributed by atoms with Crippen molar-refractivity contribution in [2.45, 2.75) is 18.6 Å². The van der Waals surface area contributed by atoms with Gasteiger partial charge in [0.1, 0.15) is 5.82 Å². The summed E-state index contributed by atoms with van der Waals surface area (Å²) in [5, 5.41) is -0.0752. The van der Waals surface area contributed by atoms with E-state index in [-0.39, 0.29) is 22.6 Å². The smallest absolute Gasteiger partial charge is 0.256 e. The Kier molecular flexibility index (Phi) is 5.83. The van der Waals surface area contributed by atoms with Crippen LogP contribution in [0.4, 0.5) is 4.39 Å². The minimum atomic E-state index is -0.499. The molecule has 1 aliphatic heterocycles. The number of carbonyl (C=O) groups is 2. The average Bonchev–Trinajstić information content (AvgIpc) is 2.79. The van der Waals surface area contributed by atoms with Crippen molar-refractivity contribution in [3.63, 3.8) is 0 Å². The summed E-state index contributed by atoms with van der Waals surface area (Å²) in [7, 11) is 0. The molecular formula is C16H21FN2O2S. The number of rotatable bonds is 3. The van der Waals surface area contributed by atoms with Gasteiger partial charge >= 0.3 is 0 Å². The van der Waals surface area contributed by atoms with E-state index in [1.54, 1.807) is 21.9 Å². The Bertz CT molecular complexity index is 553. The summed E-state index contributed by atoms with van der Waals surface area (Å²) in [6, 6.07) is 6.02. The van der Waals surface area contributed by atoms with Gasteiger partial charge in [-0.2, -0.15) is 11.8 Å². The predicted molar refractivity (Wildman–Crippen MR) is 86.5 cm³/mol. The molecule has 1 fully saturated rings. The minimum Gasteiger partial charge on any atom is -0.340 e. The van der Waals surface area contributed by atoms with E-state index in [2.05, 4.69) is 0 Å². The van der Waals surface area contributed by atoms with Crippen LogP contribution in [0, 0.1) is 5.82 Å². The molecule has 1 saturated heterocycles. The molecule has 120 valence electrons. The van der Waals surface area contributed by atoms with E-state index in [9.17, 15) is 14.0 Å². The van der Waals surface area contributed by atoms with Gasteiger partial charge in [-0.05, 0) is 31.7 Å². The van der Waals surface area contributed by atoms with Gasteiger partial charge < -0.3 is 9.80 Å². The molecule has 2 amide bonds. The van der Waals surface area contributed by atoms with Crippen LogP contribution >= 0.6 is 11.8 Å². The minimum absolute atomic E-state index is 0.0752. The molecule has 0 aliphatic carbocycles. The Morgan fingerprint density at radius 3 is 2.45 bits per heavy atom. The third-order valence-electron chi connectivity index (χ3n) is 3.90. The highest BCUT2D eigenvalue weighted by molar-refractivity contribution is 7.99. The fourth-order valence-corrected chi connectivity index (χ4v) is 2.85. The van der Waals surface area contributed by atoms with Gasteiger partial charge in [-0.3, -0.25) is 9.59 Å². The Hall–Kier alpha value is -1.56. The standard InChI is InChI=1S/C16H21FN2O2S/c1-12(22-2)15(20)18-8-5-9-19(11-10-18)16(21)13-6-3-4-7-14(13)17/h3-4,6-7,12H,5,8-11H2,1-2H3. The highest BCUT2D eigenvalue weighted by Crippen LogP contribution is 2.15. The second-order valence-corrected chi connectivity index (χ2v) is 6.51. The van der Waals surface area contributed by atoms with E-state index in [0.717, 1.165) is 0 Å². The zero-order valence-electron chi connectivity index (χ0n) is 12.9. The summed E-state index contributed by atoms with van der Waals surface area (Å²) in [4.78, 5) is 28.1. The number of nitrogens with zero attached hydrogens (tertiary/aromatic N) is 2. The fraction of sp³-hybridized carbons (Fsp3) is 0.500. The second-order valence-electron chi connectivity index (χ2n) is 5.33. The molecule has 0 N–H and O–H groups in total. The topological polar surface area (TPSA) is 40.6 Å². The number of benzene rings is 1. The van der Waals surface area contributed by atoms with E-state index in [4.69, 9.17) is 0 Å². The van der Waals surface area contributed by atoms with Crippen molar-refractivity contribution >= 4 is 23.6 Å². The molecule has 1 unspecified atom stereocenters. The van der Waals surface area contributed by atoms with Crippen molar-refractivity contribution in [2.75, 3.05) is 32.4 Å². The Balaban J connectivity index is 2.03. The molecule has 22 heavy (non-hydrogen) atoms. The van der Waals surface area contributed by atoms with Crippen LogP contribution in [0.25, 0.3) is 0 Å². The number of amides is 2. The van der Waals surface area contributed by atoms with Gasteiger partial charge in [0, 0.05) is 26.2 Å². The highest BCUT2D eigenvalue weighted by atomic mass is 32.2. The van der Waals surface area contributed by atoms with Crippen LogP contribution in [0.3, 0.4) is 0 Å². The Morgan fingerprint density at radius 1 is 1.14 bits per heavy atom. The van der Waals surface area contributed by atoms with E-state index in [1.165, 1.54) is 23.9 Å². The average molecular weight is 324 g/mol. The summed E-state index contributed by atoms with van der Waals surface area (Å²) < 4.78 is 13.7. The monoisotopic (exact) mass is 324 g/mol. The van der Waals surface area contributed by atoms with E-state index in [1.807, 2.05) is 13.2 Å². The first kappa shape index (κ1) is 16.8. The predicted octanol–water partition coefficient (Wildman–Crippen LogP) is 2.25. The maximum Gasteiger partial charge on any atom is 0.256 e. The lowest BCUT2D eigenvalue weighted by Crippen LogP contribution is -2.40. The zero-order valence-corrected chi connectivity index (χ0v) is 13.7.